The fraction of sp³-hybridized carbons (Fsp3) is 0.111. The lowest BCUT2D eigenvalue weighted by molar-refractivity contribution is 0.102. The third kappa shape index (κ3) is 4.32. The minimum atomic E-state index is -3.52. The molecule has 0 saturated carbocycles. The molecule has 0 atom stereocenters. The second-order valence-electron chi connectivity index (χ2n) is 5.52. The average Bonchev–Trinajstić information content (AvgIpc) is 3.12. The number of sulfone groups is 1. The Balaban J connectivity index is 1.89. The van der Waals surface area contributed by atoms with Gasteiger partial charge in [0.2, 0.25) is 0 Å². The lowest BCUT2D eigenvalue weighted by atomic mass is 10.2. The lowest BCUT2D eigenvalue weighted by Crippen LogP contribution is -2.17. The van der Waals surface area contributed by atoms with Gasteiger partial charge < -0.3 is 0 Å². The van der Waals surface area contributed by atoms with E-state index in [1.54, 1.807) is 35.7 Å². The zero-order chi connectivity index (χ0) is 19.6. The molecular weight excluding hydrogens is 427 g/mol. The van der Waals surface area contributed by atoms with Crippen molar-refractivity contribution in [3.63, 3.8) is 0 Å². The Hall–Kier alpha value is -1.93. The van der Waals surface area contributed by atoms with E-state index in [2.05, 4.69) is 10.3 Å². The van der Waals surface area contributed by atoms with Crippen LogP contribution >= 0.6 is 34.5 Å². The molecule has 1 amide bonds. The molecule has 27 heavy (non-hydrogen) atoms. The number of carbonyl (C=O) groups is 1. The predicted molar refractivity (Wildman–Crippen MR) is 110 cm³/mol. The standard InChI is InChI=1S/C18H14Cl2N2O3S2/c1-2-27(24,25)16-6-4-3-5-12(16)17(23)22-18-21-15(10-26-18)13-9-11(19)7-8-14(13)20/h3-10H,2H2,1H3,(H,21,22,23). The van der Waals surface area contributed by atoms with Gasteiger partial charge in [-0.25, -0.2) is 13.4 Å². The Labute approximate surface area is 170 Å². The molecule has 1 N–H and O–H groups in total. The number of halogens is 2. The third-order valence-corrected chi connectivity index (χ3v) is 6.88. The van der Waals surface area contributed by atoms with Crippen molar-refractivity contribution in [1.29, 1.82) is 0 Å². The van der Waals surface area contributed by atoms with Gasteiger partial charge in [-0.3, -0.25) is 10.1 Å². The summed E-state index contributed by atoms with van der Waals surface area (Å²) >= 11 is 13.4. The Morgan fingerprint density at radius 3 is 2.67 bits per heavy atom. The highest BCUT2D eigenvalue weighted by atomic mass is 35.5. The van der Waals surface area contributed by atoms with Crippen LogP contribution in [0, 0.1) is 0 Å². The summed E-state index contributed by atoms with van der Waals surface area (Å²) in [6.45, 7) is 1.53. The van der Waals surface area contributed by atoms with Crippen molar-refractivity contribution in [2.75, 3.05) is 11.1 Å². The predicted octanol–water partition coefficient (Wildman–Crippen LogP) is 5.16. The molecule has 5 nitrogen and oxygen atoms in total. The van der Waals surface area contributed by atoms with Gasteiger partial charge in [0.05, 0.1) is 26.9 Å². The molecule has 140 valence electrons. The second kappa shape index (κ2) is 7.98. The van der Waals surface area contributed by atoms with Crippen LogP contribution in [0.5, 0.6) is 0 Å². The zero-order valence-electron chi connectivity index (χ0n) is 14.1. The summed E-state index contributed by atoms with van der Waals surface area (Å²) in [5.41, 5.74) is 1.30. The summed E-state index contributed by atoms with van der Waals surface area (Å²) in [6.07, 6.45) is 0. The first-order valence-electron chi connectivity index (χ1n) is 7.86. The first-order chi connectivity index (χ1) is 12.8. The van der Waals surface area contributed by atoms with Crippen molar-refractivity contribution in [2.45, 2.75) is 11.8 Å². The molecule has 0 bridgehead atoms. The first-order valence-corrected chi connectivity index (χ1v) is 11.1. The molecule has 0 unspecified atom stereocenters. The third-order valence-electron chi connectivity index (χ3n) is 3.78. The van der Waals surface area contributed by atoms with Gasteiger partial charge in [0.25, 0.3) is 5.91 Å². The van der Waals surface area contributed by atoms with E-state index in [9.17, 15) is 13.2 Å². The van der Waals surface area contributed by atoms with E-state index in [1.807, 2.05) is 0 Å². The molecular formula is C18H14Cl2N2O3S2. The van der Waals surface area contributed by atoms with Crippen LogP contribution in [-0.2, 0) is 9.84 Å². The minimum absolute atomic E-state index is 0.000310. The molecule has 1 heterocycles. The topological polar surface area (TPSA) is 76.1 Å². The van der Waals surface area contributed by atoms with E-state index in [-0.39, 0.29) is 16.2 Å². The minimum Gasteiger partial charge on any atom is -0.298 e. The van der Waals surface area contributed by atoms with Gasteiger partial charge in [0.1, 0.15) is 0 Å². The number of benzene rings is 2. The van der Waals surface area contributed by atoms with Crippen LogP contribution in [0.2, 0.25) is 10.0 Å². The molecule has 0 aliphatic heterocycles. The molecule has 0 aliphatic rings. The van der Waals surface area contributed by atoms with Gasteiger partial charge >= 0.3 is 0 Å². The van der Waals surface area contributed by atoms with Gasteiger partial charge in [0.15, 0.2) is 15.0 Å². The Kier molecular flexibility index (Phi) is 5.86. The van der Waals surface area contributed by atoms with E-state index in [1.165, 1.54) is 30.4 Å². The van der Waals surface area contributed by atoms with Crippen LogP contribution in [-0.4, -0.2) is 25.1 Å². The van der Waals surface area contributed by atoms with E-state index < -0.39 is 15.7 Å². The molecule has 2 aromatic carbocycles. The Bertz CT molecular complexity index is 1110. The fourth-order valence-electron chi connectivity index (χ4n) is 2.39. The smallest absolute Gasteiger partial charge is 0.258 e. The van der Waals surface area contributed by atoms with Crippen LogP contribution in [0.3, 0.4) is 0 Å². The highest BCUT2D eigenvalue weighted by Gasteiger charge is 2.21. The van der Waals surface area contributed by atoms with Crippen molar-refractivity contribution in [3.8, 4) is 11.3 Å². The number of hydrogen-bond donors (Lipinski definition) is 1. The Morgan fingerprint density at radius 1 is 1.19 bits per heavy atom. The maximum Gasteiger partial charge on any atom is 0.258 e. The Morgan fingerprint density at radius 2 is 1.93 bits per heavy atom. The number of nitrogens with zero attached hydrogens (tertiary/aromatic N) is 1. The zero-order valence-corrected chi connectivity index (χ0v) is 17.2. The van der Waals surface area contributed by atoms with Crippen molar-refractivity contribution >= 4 is 55.4 Å². The van der Waals surface area contributed by atoms with Crippen molar-refractivity contribution < 1.29 is 13.2 Å². The highest BCUT2D eigenvalue weighted by molar-refractivity contribution is 7.91. The molecule has 3 aromatic rings. The SMILES string of the molecule is CCS(=O)(=O)c1ccccc1C(=O)Nc1nc(-c2cc(Cl)ccc2Cl)cs1. The number of thiazole rings is 1. The maximum absolute atomic E-state index is 12.6. The normalized spacial score (nSPS) is 11.4. The van der Waals surface area contributed by atoms with Gasteiger partial charge in [0, 0.05) is 16.0 Å². The number of hydrogen-bond acceptors (Lipinski definition) is 5. The van der Waals surface area contributed by atoms with Crippen LogP contribution in [0.1, 0.15) is 17.3 Å². The molecule has 1 aromatic heterocycles. The van der Waals surface area contributed by atoms with Crippen LogP contribution in [0.4, 0.5) is 5.13 Å². The summed E-state index contributed by atoms with van der Waals surface area (Å²) in [5, 5.41) is 5.72. The fourth-order valence-corrected chi connectivity index (χ4v) is 4.58. The number of rotatable bonds is 5. The number of carbonyl (C=O) groups excluding carboxylic acids is 1. The number of anilines is 1. The summed E-state index contributed by atoms with van der Waals surface area (Å²) in [6, 6.07) is 11.1. The van der Waals surface area contributed by atoms with E-state index in [0.29, 0.717) is 26.4 Å². The molecule has 0 fully saturated rings. The molecule has 0 saturated heterocycles. The van der Waals surface area contributed by atoms with Gasteiger partial charge in [-0.1, -0.05) is 42.3 Å². The quantitative estimate of drug-likeness (QED) is 0.593. The van der Waals surface area contributed by atoms with Crippen molar-refractivity contribution in [2.24, 2.45) is 0 Å². The molecule has 0 spiro atoms. The molecule has 3 rings (SSSR count). The first kappa shape index (κ1) is 19.8. The number of nitrogens with one attached hydrogen (secondary N) is 1. The van der Waals surface area contributed by atoms with E-state index in [0.717, 1.165) is 0 Å². The average molecular weight is 441 g/mol. The summed E-state index contributed by atoms with van der Waals surface area (Å²) in [7, 11) is -3.52. The molecule has 0 aliphatic carbocycles. The van der Waals surface area contributed by atoms with E-state index in [4.69, 9.17) is 23.2 Å². The van der Waals surface area contributed by atoms with Crippen LogP contribution < -0.4 is 5.32 Å². The van der Waals surface area contributed by atoms with Crippen LogP contribution in [0.15, 0.2) is 52.7 Å². The molecule has 9 heteroatoms. The van der Waals surface area contributed by atoms with Gasteiger partial charge in [-0.05, 0) is 30.3 Å². The largest absolute Gasteiger partial charge is 0.298 e. The monoisotopic (exact) mass is 440 g/mol. The maximum atomic E-state index is 12.6. The summed E-state index contributed by atoms with van der Waals surface area (Å²) < 4.78 is 24.4. The van der Waals surface area contributed by atoms with Gasteiger partial charge in [-0.15, -0.1) is 11.3 Å². The number of amides is 1. The van der Waals surface area contributed by atoms with E-state index >= 15 is 0 Å². The number of aromatic nitrogens is 1. The van der Waals surface area contributed by atoms with Crippen LogP contribution in [0.25, 0.3) is 11.3 Å². The highest BCUT2D eigenvalue weighted by Crippen LogP contribution is 2.32. The van der Waals surface area contributed by atoms with Crippen molar-refractivity contribution in [1.82, 2.24) is 4.98 Å². The molecule has 0 radical (unpaired) electrons. The lowest BCUT2D eigenvalue weighted by Gasteiger charge is -2.08. The summed E-state index contributed by atoms with van der Waals surface area (Å²) in [4.78, 5) is 17.0. The summed E-state index contributed by atoms with van der Waals surface area (Å²) in [5.74, 6) is -0.632. The van der Waals surface area contributed by atoms with Gasteiger partial charge in [-0.2, -0.15) is 0 Å². The van der Waals surface area contributed by atoms with Crippen molar-refractivity contribution in [3.05, 3.63) is 63.5 Å². The second-order valence-corrected chi connectivity index (χ2v) is 9.46.